The van der Waals surface area contributed by atoms with Crippen molar-refractivity contribution < 1.29 is 0 Å². The molecule has 0 radical (unpaired) electrons. The first-order valence-corrected chi connectivity index (χ1v) is 13.7. The Morgan fingerprint density at radius 2 is 1.94 bits per heavy atom. The lowest BCUT2D eigenvalue weighted by Crippen LogP contribution is -2.31. The van der Waals surface area contributed by atoms with Crippen molar-refractivity contribution in [2.45, 2.75) is 63.3 Å². The van der Waals surface area contributed by atoms with Crippen LogP contribution in [-0.4, -0.2) is 35.8 Å². The van der Waals surface area contributed by atoms with E-state index in [1.54, 1.807) is 0 Å². The molecule has 1 fully saturated rings. The lowest BCUT2D eigenvalue weighted by Gasteiger charge is -2.21. The van der Waals surface area contributed by atoms with Crippen molar-refractivity contribution in [2.24, 2.45) is 9.98 Å². The van der Waals surface area contributed by atoms with Crippen molar-refractivity contribution in [1.82, 2.24) is 15.5 Å². The molecule has 0 atom stereocenters. The molecule has 0 amide bonds. The van der Waals surface area contributed by atoms with E-state index in [4.69, 9.17) is 11.6 Å². The maximum absolute atomic E-state index is 6.26. The highest BCUT2D eigenvalue weighted by molar-refractivity contribution is 8.00. The summed E-state index contributed by atoms with van der Waals surface area (Å²) in [7, 11) is 0. The molecule has 8 heteroatoms. The standard InChI is InChI=1S/C28H33ClN6S/c1-4-20-15-21(16-22(28(20)30-3)17-31-18-32-23-10-6-5-7-11-23)27-19(2)14-26(33-34-27)35-36-25-13-9-8-12-24(25)29/h8-9,12-17,23,32H,3-7,10-11,18H2,1-2H3,(H,33,35)/b31-17-. The summed E-state index contributed by atoms with van der Waals surface area (Å²) in [5.41, 5.74) is 5.79. The van der Waals surface area contributed by atoms with Gasteiger partial charge >= 0.3 is 0 Å². The van der Waals surface area contributed by atoms with Gasteiger partial charge in [0.15, 0.2) is 5.82 Å². The number of hydrogen-bond donors (Lipinski definition) is 2. The van der Waals surface area contributed by atoms with E-state index < -0.39 is 0 Å². The smallest absolute Gasteiger partial charge is 0.159 e. The molecule has 2 aromatic carbocycles. The molecule has 2 N–H and O–H groups in total. The van der Waals surface area contributed by atoms with Gasteiger partial charge in [-0.3, -0.25) is 15.3 Å². The third-order valence-electron chi connectivity index (χ3n) is 6.42. The maximum atomic E-state index is 6.26. The SMILES string of the molecule is C=Nc1c(/C=N\CNC2CCCCC2)cc(-c2nnc(NSc3ccccc3Cl)cc2C)cc1CC. The summed E-state index contributed by atoms with van der Waals surface area (Å²) >= 11 is 7.67. The fraction of sp³-hybridized carbons (Fsp3) is 0.357. The van der Waals surface area contributed by atoms with Crippen LogP contribution in [0.4, 0.5) is 11.5 Å². The van der Waals surface area contributed by atoms with Crippen LogP contribution >= 0.6 is 23.5 Å². The number of hydrogen-bond acceptors (Lipinski definition) is 7. The minimum atomic E-state index is 0.576. The average molecular weight is 521 g/mol. The normalized spacial score (nSPS) is 14.3. The molecular formula is C28H33ClN6S. The van der Waals surface area contributed by atoms with Crippen molar-refractivity contribution >= 4 is 48.0 Å². The van der Waals surface area contributed by atoms with Crippen LogP contribution in [0.3, 0.4) is 0 Å². The van der Waals surface area contributed by atoms with Gasteiger partial charge < -0.3 is 4.72 Å². The quantitative estimate of drug-likeness (QED) is 0.215. The van der Waals surface area contributed by atoms with Gasteiger partial charge in [0.05, 0.1) is 23.1 Å². The van der Waals surface area contributed by atoms with Crippen molar-refractivity contribution in [1.29, 1.82) is 0 Å². The molecule has 1 aliphatic rings. The monoisotopic (exact) mass is 520 g/mol. The summed E-state index contributed by atoms with van der Waals surface area (Å²) in [4.78, 5) is 9.92. The van der Waals surface area contributed by atoms with Gasteiger partial charge in [0.2, 0.25) is 0 Å². The second-order valence-corrected chi connectivity index (χ2v) is 10.2. The molecule has 6 nitrogen and oxygen atoms in total. The van der Waals surface area contributed by atoms with E-state index in [-0.39, 0.29) is 0 Å². The largest absolute Gasteiger partial charge is 0.309 e. The molecule has 0 aliphatic heterocycles. The van der Waals surface area contributed by atoms with Crippen LogP contribution in [0.1, 0.15) is 55.7 Å². The van der Waals surface area contributed by atoms with Crippen LogP contribution < -0.4 is 10.0 Å². The number of aryl methyl sites for hydroxylation is 2. The van der Waals surface area contributed by atoms with Gasteiger partial charge in [-0.05, 0) is 86.3 Å². The molecule has 188 valence electrons. The first kappa shape index (κ1) is 26.3. The van der Waals surface area contributed by atoms with Crippen LogP contribution in [0.25, 0.3) is 11.3 Å². The Hall–Kier alpha value is -2.74. The molecular weight excluding hydrogens is 488 g/mol. The Morgan fingerprint density at radius 3 is 2.67 bits per heavy atom. The van der Waals surface area contributed by atoms with Crippen molar-refractivity contribution in [3.8, 4) is 11.3 Å². The molecule has 0 saturated heterocycles. The van der Waals surface area contributed by atoms with Gasteiger partial charge in [0.25, 0.3) is 0 Å². The molecule has 1 saturated carbocycles. The highest BCUT2D eigenvalue weighted by Crippen LogP contribution is 2.32. The van der Waals surface area contributed by atoms with E-state index in [9.17, 15) is 0 Å². The molecule has 1 aliphatic carbocycles. The number of benzene rings is 2. The van der Waals surface area contributed by atoms with E-state index in [0.29, 0.717) is 23.6 Å². The second kappa shape index (κ2) is 13.0. The van der Waals surface area contributed by atoms with Crippen molar-refractivity contribution in [3.63, 3.8) is 0 Å². The van der Waals surface area contributed by atoms with Gasteiger partial charge in [0.1, 0.15) is 0 Å². The number of anilines is 1. The Morgan fingerprint density at radius 1 is 1.14 bits per heavy atom. The highest BCUT2D eigenvalue weighted by Gasteiger charge is 2.14. The van der Waals surface area contributed by atoms with Gasteiger partial charge in [-0.1, -0.05) is 49.9 Å². The lowest BCUT2D eigenvalue weighted by molar-refractivity contribution is 0.378. The third-order valence-corrected chi connectivity index (χ3v) is 7.75. The zero-order chi connectivity index (χ0) is 25.3. The van der Waals surface area contributed by atoms with Gasteiger partial charge in [-0.2, -0.15) is 0 Å². The Bertz CT molecular complexity index is 1220. The molecule has 1 aromatic heterocycles. The summed E-state index contributed by atoms with van der Waals surface area (Å²) in [5.74, 6) is 0.678. The lowest BCUT2D eigenvalue weighted by atomic mass is 9.96. The maximum Gasteiger partial charge on any atom is 0.159 e. The van der Waals surface area contributed by atoms with E-state index in [1.165, 1.54) is 44.1 Å². The van der Waals surface area contributed by atoms with E-state index >= 15 is 0 Å². The van der Waals surface area contributed by atoms with Crippen LogP contribution in [0.5, 0.6) is 0 Å². The average Bonchev–Trinajstić information content (AvgIpc) is 2.90. The number of nitrogens with one attached hydrogen (secondary N) is 2. The van der Waals surface area contributed by atoms with E-state index in [0.717, 1.165) is 45.0 Å². The second-order valence-electron chi connectivity index (χ2n) is 8.99. The fourth-order valence-corrected chi connectivity index (χ4v) is 5.38. The molecule has 0 bridgehead atoms. The van der Waals surface area contributed by atoms with E-state index in [1.807, 2.05) is 43.5 Å². The van der Waals surface area contributed by atoms with Crippen LogP contribution in [0.15, 0.2) is 57.3 Å². The van der Waals surface area contributed by atoms with Crippen LogP contribution in [-0.2, 0) is 6.42 Å². The first-order chi connectivity index (χ1) is 17.6. The predicted octanol–water partition coefficient (Wildman–Crippen LogP) is 7.42. The summed E-state index contributed by atoms with van der Waals surface area (Å²) in [6, 6.07) is 14.5. The Kier molecular flexibility index (Phi) is 9.50. The van der Waals surface area contributed by atoms with Gasteiger partial charge in [0, 0.05) is 28.3 Å². The van der Waals surface area contributed by atoms with Crippen LogP contribution in [0, 0.1) is 6.92 Å². The molecule has 0 unspecified atom stereocenters. The number of halogens is 1. The zero-order valence-electron chi connectivity index (χ0n) is 20.9. The van der Waals surface area contributed by atoms with Crippen molar-refractivity contribution in [2.75, 3.05) is 11.4 Å². The third kappa shape index (κ3) is 6.72. The first-order valence-electron chi connectivity index (χ1n) is 12.5. The number of nitrogens with zero attached hydrogens (tertiary/aromatic N) is 4. The number of rotatable bonds is 10. The Balaban J connectivity index is 1.52. The van der Waals surface area contributed by atoms with Gasteiger partial charge in [-0.15, -0.1) is 10.2 Å². The highest BCUT2D eigenvalue weighted by atomic mass is 35.5. The minimum Gasteiger partial charge on any atom is -0.309 e. The predicted molar refractivity (Wildman–Crippen MR) is 154 cm³/mol. The molecule has 0 spiro atoms. The molecule has 3 aromatic rings. The van der Waals surface area contributed by atoms with Gasteiger partial charge in [-0.25, -0.2) is 0 Å². The topological polar surface area (TPSA) is 74.6 Å². The molecule has 36 heavy (non-hydrogen) atoms. The summed E-state index contributed by atoms with van der Waals surface area (Å²) in [5, 5.41) is 13.2. The summed E-state index contributed by atoms with van der Waals surface area (Å²) in [6.07, 6.45) is 9.18. The zero-order valence-corrected chi connectivity index (χ0v) is 22.5. The summed E-state index contributed by atoms with van der Waals surface area (Å²) < 4.78 is 3.24. The van der Waals surface area contributed by atoms with Crippen LogP contribution in [0.2, 0.25) is 5.02 Å². The molecule has 1 heterocycles. The molecule has 4 rings (SSSR count). The fourth-order valence-electron chi connectivity index (χ4n) is 4.50. The number of aromatic nitrogens is 2. The minimum absolute atomic E-state index is 0.576. The number of aliphatic imine (C=N–C) groups is 2. The Labute approximate surface area is 223 Å². The van der Waals surface area contributed by atoms with E-state index in [2.05, 4.69) is 56.0 Å². The summed E-state index contributed by atoms with van der Waals surface area (Å²) in [6.45, 7) is 8.58. The van der Waals surface area contributed by atoms with Crippen molar-refractivity contribution in [3.05, 3.63) is 64.2 Å².